The van der Waals surface area contributed by atoms with Gasteiger partial charge in [0.25, 0.3) is 0 Å². The van der Waals surface area contributed by atoms with Crippen LogP contribution in [-0.4, -0.2) is 19.2 Å². The molecule has 96 valence electrons. The maximum Gasteiger partial charge on any atom is 0.161 e. The summed E-state index contributed by atoms with van der Waals surface area (Å²) in [6.45, 7) is 0. The van der Waals surface area contributed by atoms with Gasteiger partial charge >= 0.3 is 0 Å². The van der Waals surface area contributed by atoms with Gasteiger partial charge in [0.15, 0.2) is 11.5 Å². The second-order valence-electron chi connectivity index (χ2n) is 3.62. The summed E-state index contributed by atoms with van der Waals surface area (Å²) in [6, 6.07) is 7.65. The fraction of sp³-hybridized carbons (Fsp3) is 0.143. The molecule has 2 rings (SSSR count). The van der Waals surface area contributed by atoms with Crippen molar-refractivity contribution < 1.29 is 9.47 Å². The summed E-state index contributed by atoms with van der Waals surface area (Å²) in [7, 11) is 3.17. The Morgan fingerprint density at radius 3 is 2.68 bits per heavy atom. The van der Waals surface area contributed by atoms with Crippen molar-refractivity contribution in [1.82, 2.24) is 4.98 Å². The topological polar surface area (TPSA) is 55.1 Å². The van der Waals surface area contributed by atoms with E-state index in [2.05, 4.69) is 11.1 Å². The molecule has 5 heteroatoms. The summed E-state index contributed by atoms with van der Waals surface area (Å²) < 4.78 is 10.4. The molecule has 0 aliphatic rings. The van der Waals surface area contributed by atoms with Gasteiger partial charge in [-0.1, -0.05) is 6.07 Å². The number of aromatic nitrogens is 1. The lowest BCUT2D eigenvalue weighted by Crippen LogP contribution is -1.90. The quantitative estimate of drug-likeness (QED) is 0.802. The Hall–Kier alpha value is -2.32. The predicted octanol–water partition coefficient (Wildman–Crippen LogP) is 3.22. The van der Waals surface area contributed by atoms with Crippen molar-refractivity contribution in [3.8, 4) is 17.6 Å². The molecule has 0 aliphatic heterocycles. The molecule has 1 heterocycles. The Morgan fingerprint density at radius 2 is 2.11 bits per heavy atom. The average Bonchev–Trinajstić information content (AvgIpc) is 2.98. The SMILES string of the molecule is COc1ccc(/C=C(\C#N)c2nccs2)cc1OC. The normalized spacial score (nSPS) is 10.9. The third kappa shape index (κ3) is 2.92. The van der Waals surface area contributed by atoms with Crippen molar-refractivity contribution in [2.24, 2.45) is 0 Å². The average molecular weight is 272 g/mol. The van der Waals surface area contributed by atoms with Crippen molar-refractivity contribution >= 4 is 23.0 Å². The highest BCUT2D eigenvalue weighted by molar-refractivity contribution is 7.10. The molecule has 0 aliphatic carbocycles. The molecule has 4 nitrogen and oxygen atoms in total. The molecule has 0 radical (unpaired) electrons. The Kier molecular flexibility index (Phi) is 4.16. The maximum absolute atomic E-state index is 9.18. The van der Waals surface area contributed by atoms with Gasteiger partial charge in [0, 0.05) is 11.6 Å². The van der Waals surface area contributed by atoms with Gasteiger partial charge in [-0.15, -0.1) is 11.3 Å². The van der Waals surface area contributed by atoms with Crippen molar-refractivity contribution in [3.05, 3.63) is 40.3 Å². The zero-order chi connectivity index (χ0) is 13.7. The van der Waals surface area contributed by atoms with Crippen LogP contribution in [0, 0.1) is 11.3 Å². The van der Waals surface area contributed by atoms with Gasteiger partial charge in [-0.2, -0.15) is 5.26 Å². The van der Waals surface area contributed by atoms with E-state index in [1.807, 2.05) is 23.6 Å². The minimum absolute atomic E-state index is 0.530. The van der Waals surface area contributed by atoms with Crippen molar-refractivity contribution in [3.63, 3.8) is 0 Å². The largest absolute Gasteiger partial charge is 0.493 e. The summed E-state index contributed by atoms with van der Waals surface area (Å²) in [6.07, 6.45) is 3.46. The molecule has 0 bridgehead atoms. The van der Waals surface area contributed by atoms with Gasteiger partial charge in [-0.25, -0.2) is 4.98 Å². The monoisotopic (exact) mass is 272 g/mol. The lowest BCUT2D eigenvalue weighted by atomic mass is 10.1. The standard InChI is InChI=1S/C14H12N2O2S/c1-17-12-4-3-10(8-13(12)18-2)7-11(9-15)14-16-5-6-19-14/h3-8H,1-2H3/b11-7+. The van der Waals surface area contributed by atoms with Gasteiger partial charge in [-0.3, -0.25) is 0 Å². The second kappa shape index (κ2) is 6.03. The van der Waals surface area contributed by atoms with Crippen LogP contribution in [0.3, 0.4) is 0 Å². The Bertz CT molecular complexity index is 627. The first kappa shape index (κ1) is 13.1. The second-order valence-corrected chi connectivity index (χ2v) is 4.52. The fourth-order valence-electron chi connectivity index (χ4n) is 1.61. The van der Waals surface area contributed by atoms with E-state index < -0.39 is 0 Å². The highest BCUT2D eigenvalue weighted by atomic mass is 32.1. The van der Waals surface area contributed by atoms with E-state index in [1.54, 1.807) is 26.5 Å². The number of methoxy groups -OCH3 is 2. The van der Waals surface area contributed by atoms with Crippen molar-refractivity contribution in [1.29, 1.82) is 5.26 Å². The molecule has 19 heavy (non-hydrogen) atoms. The maximum atomic E-state index is 9.18. The van der Waals surface area contributed by atoms with Crippen molar-refractivity contribution in [2.75, 3.05) is 14.2 Å². The first-order valence-corrected chi connectivity index (χ1v) is 6.40. The molecule has 0 fully saturated rings. The van der Waals surface area contributed by atoms with Crippen LogP contribution in [0.15, 0.2) is 29.8 Å². The zero-order valence-corrected chi connectivity index (χ0v) is 11.4. The van der Waals surface area contributed by atoms with Crippen LogP contribution in [0.4, 0.5) is 0 Å². The van der Waals surface area contributed by atoms with Crippen LogP contribution in [0.1, 0.15) is 10.6 Å². The van der Waals surface area contributed by atoms with Gasteiger partial charge < -0.3 is 9.47 Å². The van der Waals surface area contributed by atoms with Crippen LogP contribution in [0.2, 0.25) is 0 Å². The first-order valence-electron chi connectivity index (χ1n) is 5.52. The van der Waals surface area contributed by atoms with Gasteiger partial charge in [0.1, 0.15) is 11.1 Å². The molecular formula is C14H12N2O2S. The number of ether oxygens (including phenoxy) is 2. The Morgan fingerprint density at radius 1 is 1.32 bits per heavy atom. The fourth-order valence-corrected chi connectivity index (χ4v) is 2.21. The predicted molar refractivity (Wildman–Crippen MR) is 75.1 cm³/mol. The van der Waals surface area contributed by atoms with Crippen LogP contribution in [-0.2, 0) is 0 Å². The smallest absolute Gasteiger partial charge is 0.161 e. The number of rotatable bonds is 4. The van der Waals surface area contributed by atoms with E-state index in [1.165, 1.54) is 11.3 Å². The minimum atomic E-state index is 0.530. The Balaban J connectivity index is 2.40. The number of benzene rings is 1. The minimum Gasteiger partial charge on any atom is -0.493 e. The third-order valence-corrected chi connectivity index (χ3v) is 3.31. The van der Waals surface area contributed by atoms with Crippen LogP contribution in [0.5, 0.6) is 11.5 Å². The Labute approximate surface area is 115 Å². The van der Waals surface area contributed by atoms with Crippen LogP contribution < -0.4 is 9.47 Å². The number of allylic oxidation sites excluding steroid dienone is 1. The van der Waals surface area contributed by atoms with E-state index in [9.17, 15) is 5.26 Å². The van der Waals surface area contributed by atoms with E-state index in [0.29, 0.717) is 22.1 Å². The van der Waals surface area contributed by atoms with Gasteiger partial charge in [-0.05, 0) is 23.8 Å². The number of hydrogen-bond acceptors (Lipinski definition) is 5. The number of nitrogens with zero attached hydrogens (tertiary/aromatic N) is 2. The molecule has 0 atom stereocenters. The summed E-state index contributed by atoms with van der Waals surface area (Å²) in [4.78, 5) is 4.13. The zero-order valence-electron chi connectivity index (χ0n) is 10.6. The van der Waals surface area contributed by atoms with Gasteiger partial charge in [0.05, 0.1) is 19.8 Å². The number of thiazole rings is 1. The summed E-state index contributed by atoms with van der Waals surface area (Å²) in [5, 5.41) is 11.7. The van der Waals surface area contributed by atoms with Crippen LogP contribution >= 0.6 is 11.3 Å². The first-order chi connectivity index (χ1) is 9.28. The molecule has 1 aromatic heterocycles. The van der Waals surface area contributed by atoms with E-state index >= 15 is 0 Å². The van der Waals surface area contributed by atoms with E-state index in [4.69, 9.17) is 9.47 Å². The molecule has 0 amide bonds. The summed E-state index contributed by atoms with van der Waals surface area (Å²) in [5.41, 5.74) is 1.40. The molecular weight excluding hydrogens is 260 g/mol. The third-order valence-electron chi connectivity index (χ3n) is 2.50. The lowest BCUT2D eigenvalue weighted by molar-refractivity contribution is 0.355. The summed E-state index contributed by atoms with van der Waals surface area (Å²) in [5.74, 6) is 1.29. The molecule has 0 N–H and O–H groups in total. The van der Waals surface area contributed by atoms with Crippen LogP contribution in [0.25, 0.3) is 11.6 Å². The molecule has 0 saturated heterocycles. The highest BCUT2D eigenvalue weighted by Crippen LogP contribution is 2.29. The van der Waals surface area contributed by atoms with Crippen molar-refractivity contribution in [2.45, 2.75) is 0 Å². The lowest BCUT2D eigenvalue weighted by Gasteiger charge is -2.07. The number of hydrogen-bond donors (Lipinski definition) is 0. The molecule has 1 aromatic carbocycles. The molecule has 0 unspecified atom stereocenters. The molecule has 0 saturated carbocycles. The highest BCUT2D eigenvalue weighted by Gasteiger charge is 2.06. The van der Waals surface area contributed by atoms with E-state index in [0.717, 1.165) is 5.56 Å². The number of nitriles is 1. The van der Waals surface area contributed by atoms with Gasteiger partial charge in [0.2, 0.25) is 0 Å². The molecule has 0 spiro atoms. The van der Waals surface area contributed by atoms with E-state index in [-0.39, 0.29) is 0 Å². The summed E-state index contributed by atoms with van der Waals surface area (Å²) >= 11 is 1.43. The molecule has 2 aromatic rings.